The maximum atomic E-state index is 13.7. The summed E-state index contributed by atoms with van der Waals surface area (Å²) >= 11 is 0. The molecule has 0 radical (unpaired) electrons. The molecule has 2 atom stereocenters. The number of halogens is 1. The summed E-state index contributed by atoms with van der Waals surface area (Å²) in [6.45, 7) is 2.69. The van der Waals surface area contributed by atoms with Crippen molar-refractivity contribution in [1.29, 1.82) is 0 Å². The highest BCUT2D eigenvalue weighted by atomic mass is 32.2. The van der Waals surface area contributed by atoms with Crippen molar-refractivity contribution in [3.05, 3.63) is 39.7 Å². The number of hydrogen-bond donors (Lipinski definition) is 1. The normalized spacial score (nSPS) is 14.1. The molecule has 0 aliphatic rings. The molecule has 106 valence electrons. The highest BCUT2D eigenvalue weighted by molar-refractivity contribution is 7.84. The largest absolute Gasteiger partial charge is 0.313 e. The summed E-state index contributed by atoms with van der Waals surface area (Å²) in [6, 6.07) is 4.11. The van der Waals surface area contributed by atoms with Gasteiger partial charge in [-0.1, -0.05) is 19.1 Å². The molecule has 1 N–H and O–H groups in total. The van der Waals surface area contributed by atoms with Crippen LogP contribution in [0, 0.1) is 15.9 Å². The van der Waals surface area contributed by atoms with Gasteiger partial charge < -0.3 is 5.32 Å². The first kappa shape index (κ1) is 15.7. The van der Waals surface area contributed by atoms with Gasteiger partial charge in [0.05, 0.1) is 4.92 Å². The highest BCUT2D eigenvalue weighted by Gasteiger charge is 2.16. The molecule has 0 aliphatic carbocycles. The molecule has 0 spiro atoms. The Kier molecular flexibility index (Phi) is 6.04. The van der Waals surface area contributed by atoms with Gasteiger partial charge in [-0.25, -0.2) is 0 Å². The molecule has 1 rings (SSSR count). The molecule has 2 unspecified atom stereocenters. The van der Waals surface area contributed by atoms with Crippen molar-refractivity contribution in [1.82, 2.24) is 5.32 Å². The van der Waals surface area contributed by atoms with Crippen LogP contribution in [0.2, 0.25) is 0 Å². The van der Waals surface area contributed by atoms with E-state index >= 15 is 0 Å². The van der Waals surface area contributed by atoms with E-state index in [1.54, 1.807) is 6.26 Å². The Balaban J connectivity index is 2.52. The van der Waals surface area contributed by atoms with Crippen molar-refractivity contribution in [3.63, 3.8) is 0 Å². The Hall–Kier alpha value is -1.34. The highest BCUT2D eigenvalue weighted by Crippen LogP contribution is 2.19. The van der Waals surface area contributed by atoms with Crippen LogP contribution in [0.4, 0.5) is 10.1 Å². The number of rotatable bonds is 7. The fraction of sp³-hybridized carbons (Fsp3) is 0.500. The predicted molar refractivity (Wildman–Crippen MR) is 72.9 cm³/mol. The summed E-state index contributed by atoms with van der Waals surface area (Å²) in [5, 5.41) is 13.6. The molecule has 1 aromatic rings. The Bertz CT molecular complexity index is 482. The van der Waals surface area contributed by atoms with E-state index in [0.29, 0.717) is 13.0 Å². The predicted octanol–water partition coefficient (Wildman–Crippen LogP) is 1.98. The van der Waals surface area contributed by atoms with Crippen LogP contribution in [0.3, 0.4) is 0 Å². The second-order valence-corrected chi connectivity index (χ2v) is 6.08. The summed E-state index contributed by atoms with van der Waals surface area (Å²) in [7, 11) is -0.876. The van der Waals surface area contributed by atoms with Crippen LogP contribution in [0.5, 0.6) is 0 Å². The summed E-state index contributed by atoms with van der Waals surface area (Å²) in [4.78, 5) is 9.84. The lowest BCUT2D eigenvalue weighted by atomic mass is 10.2. The Labute approximate surface area is 113 Å². The molecule has 5 nitrogen and oxygen atoms in total. The zero-order chi connectivity index (χ0) is 14.4. The van der Waals surface area contributed by atoms with Crippen LogP contribution < -0.4 is 5.32 Å². The zero-order valence-electron chi connectivity index (χ0n) is 10.9. The minimum absolute atomic E-state index is 0.0717. The van der Waals surface area contributed by atoms with E-state index in [1.807, 2.05) is 6.92 Å². The van der Waals surface area contributed by atoms with E-state index in [0.717, 1.165) is 6.07 Å². The van der Waals surface area contributed by atoms with E-state index in [4.69, 9.17) is 0 Å². The number of nitrogens with one attached hydrogen (secondary N) is 1. The number of nitro benzene ring substituents is 1. The molecule has 7 heteroatoms. The molecule has 0 aromatic heterocycles. The number of nitro groups is 1. The Morgan fingerprint density at radius 2 is 2.21 bits per heavy atom. The number of benzene rings is 1. The van der Waals surface area contributed by atoms with Gasteiger partial charge in [0.25, 0.3) is 0 Å². The molecule has 0 aliphatic heterocycles. The molecule has 19 heavy (non-hydrogen) atoms. The number of hydrogen-bond acceptors (Lipinski definition) is 4. The quantitative estimate of drug-likeness (QED) is 0.473. The van der Waals surface area contributed by atoms with Crippen molar-refractivity contribution in [2.75, 3.05) is 12.8 Å². The molecule has 0 fully saturated rings. The first-order valence-corrected chi connectivity index (χ1v) is 7.50. The van der Waals surface area contributed by atoms with Crippen LogP contribution in [-0.4, -0.2) is 27.2 Å². The van der Waals surface area contributed by atoms with Crippen LogP contribution in [0.25, 0.3) is 0 Å². The van der Waals surface area contributed by atoms with Gasteiger partial charge in [0, 0.05) is 40.5 Å². The second kappa shape index (κ2) is 7.30. The average Bonchev–Trinajstić information content (AvgIpc) is 2.35. The lowest BCUT2D eigenvalue weighted by Crippen LogP contribution is -2.21. The third-order valence-electron chi connectivity index (χ3n) is 2.86. The van der Waals surface area contributed by atoms with Crippen molar-refractivity contribution in [2.45, 2.75) is 25.1 Å². The van der Waals surface area contributed by atoms with Crippen LogP contribution in [0.15, 0.2) is 18.2 Å². The zero-order valence-corrected chi connectivity index (χ0v) is 11.7. The third kappa shape index (κ3) is 4.68. The molecule has 0 saturated heterocycles. The minimum atomic E-state index is -0.876. The molecule has 0 bridgehead atoms. The van der Waals surface area contributed by atoms with Gasteiger partial charge in [0.1, 0.15) is 0 Å². The fourth-order valence-electron chi connectivity index (χ4n) is 1.54. The van der Waals surface area contributed by atoms with E-state index < -0.39 is 27.2 Å². The summed E-state index contributed by atoms with van der Waals surface area (Å²) < 4.78 is 24.8. The fourth-order valence-corrected chi connectivity index (χ4v) is 1.99. The Morgan fingerprint density at radius 3 is 2.79 bits per heavy atom. The van der Waals surface area contributed by atoms with Gasteiger partial charge in [0.15, 0.2) is 0 Å². The first-order valence-electron chi connectivity index (χ1n) is 5.88. The lowest BCUT2D eigenvalue weighted by Gasteiger charge is -2.09. The van der Waals surface area contributed by atoms with Crippen molar-refractivity contribution >= 4 is 16.5 Å². The van der Waals surface area contributed by atoms with Gasteiger partial charge in [-0.2, -0.15) is 4.39 Å². The standard InChI is InChI=1S/C12H17FN2O3S/c1-9(19(2)18)6-7-14-8-10-4-3-5-11(12(10)13)15(16)17/h3-5,9,14H,6-8H2,1-2H3. The molecular formula is C12H17FN2O3S. The second-order valence-electron chi connectivity index (χ2n) is 4.28. The van der Waals surface area contributed by atoms with Crippen LogP contribution in [-0.2, 0) is 17.3 Å². The number of nitrogens with zero attached hydrogens (tertiary/aromatic N) is 1. The van der Waals surface area contributed by atoms with Gasteiger partial charge in [-0.15, -0.1) is 0 Å². The van der Waals surface area contributed by atoms with Crippen molar-refractivity contribution < 1.29 is 13.5 Å². The molecular weight excluding hydrogens is 271 g/mol. The van der Waals surface area contributed by atoms with Gasteiger partial charge in [-0.05, 0) is 13.0 Å². The van der Waals surface area contributed by atoms with Crippen molar-refractivity contribution in [2.24, 2.45) is 0 Å². The first-order chi connectivity index (χ1) is 8.93. The van der Waals surface area contributed by atoms with Gasteiger partial charge in [0.2, 0.25) is 5.82 Å². The van der Waals surface area contributed by atoms with E-state index in [-0.39, 0.29) is 17.4 Å². The maximum absolute atomic E-state index is 13.7. The molecule has 1 aromatic carbocycles. The van der Waals surface area contributed by atoms with Crippen molar-refractivity contribution in [3.8, 4) is 0 Å². The SMILES string of the molecule is CC(CCNCc1cccc([N+](=O)[O-])c1F)S(C)=O. The van der Waals surface area contributed by atoms with Crippen LogP contribution in [0.1, 0.15) is 18.9 Å². The molecule has 0 saturated carbocycles. The smallest absolute Gasteiger partial charge is 0.305 e. The lowest BCUT2D eigenvalue weighted by molar-refractivity contribution is -0.387. The van der Waals surface area contributed by atoms with E-state index in [1.165, 1.54) is 12.1 Å². The molecule has 0 heterocycles. The monoisotopic (exact) mass is 288 g/mol. The van der Waals surface area contributed by atoms with Gasteiger partial charge >= 0.3 is 5.69 Å². The third-order valence-corrected chi connectivity index (χ3v) is 4.23. The summed E-state index contributed by atoms with van der Waals surface area (Å²) in [5.41, 5.74) is -0.248. The summed E-state index contributed by atoms with van der Waals surface area (Å²) in [6.07, 6.45) is 2.35. The minimum Gasteiger partial charge on any atom is -0.313 e. The Morgan fingerprint density at radius 1 is 1.53 bits per heavy atom. The van der Waals surface area contributed by atoms with Gasteiger partial charge in [-0.3, -0.25) is 14.3 Å². The average molecular weight is 288 g/mol. The molecule has 0 amide bonds. The van der Waals surface area contributed by atoms with Crippen LogP contribution >= 0.6 is 0 Å². The summed E-state index contributed by atoms with van der Waals surface area (Å²) in [5.74, 6) is -0.799. The maximum Gasteiger partial charge on any atom is 0.305 e. The topological polar surface area (TPSA) is 72.2 Å². The van der Waals surface area contributed by atoms with E-state index in [9.17, 15) is 18.7 Å². The van der Waals surface area contributed by atoms with E-state index in [2.05, 4.69) is 5.32 Å².